The standard InChI is InChI=1S/C22H21Cl2NO2/c23-18-11-19-21(26)17(14-27-22(19)20(24)12-18)13-25-8-6-16(7-9-25)10-15-4-2-1-3-5-15/h1-5,11-12,14,16H,6-10,13H2. The molecule has 3 nitrogen and oxygen atoms in total. The molecule has 0 saturated carbocycles. The van der Waals surface area contributed by atoms with Gasteiger partial charge in [-0.1, -0.05) is 53.5 Å². The third kappa shape index (κ3) is 4.21. The average Bonchev–Trinajstić information content (AvgIpc) is 2.67. The summed E-state index contributed by atoms with van der Waals surface area (Å²) < 4.78 is 5.63. The monoisotopic (exact) mass is 401 g/mol. The molecule has 0 radical (unpaired) electrons. The van der Waals surface area contributed by atoms with Crippen LogP contribution in [0.15, 0.2) is 57.9 Å². The number of fused-ring (bicyclic) bond motifs is 1. The van der Waals surface area contributed by atoms with Crippen molar-refractivity contribution in [3.05, 3.63) is 80.1 Å². The van der Waals surface area contributed by atoms with Crippen molar-refractivity contribution in [2.75, 3.05) is 13.1 Å². The highest BCUT2D eigenvalue weighted by Crippen LogP contribution is 2.27. The molecule has 0 spiro atoms. The number of halogens is 2. The van der Waals surface area contributed by atoms with Crippen molar-refractivity contribution in [2.24, 2.45) is 5.92 Å². The molecule has 0 amide bonds. The molecule has 0 bridgehead atoms. The maximum atomic E-state index is 12.8. The van der Waals surface area contributed by atoms with Gasteiger partial charge < -0.3 is 4.42 Å². The predicted molar refractivity (Wildman–Crippen MR) is 111 cm³/mol. The lowest BCUT2D eigenvalue weighted by atomic mass is 9.90. The largest absolute Gasteiger partial charge is 0.462 e. The molecule has 0 aliphatic carbocycles. The molecule has 2 heterocycles. The highest BCUT2D eigenvalue weighted by atomic mass is 35.5. The first-order valence-corrected chi connectivity index (χ1v) is 10.0. The molecule has 3 aromatic rings. The number of benzene rings is 2. The summed E-state index contributed by atoms with van der Waals surface area (Å²) in [6.07, 6.45) is 4.96. The molecule has 0 N–H and O–H groups in total. The van der Waals surface area contributed by atoms with Gasteiger partial charge in [0, 0.05) is 17.1 Å². The fraction of sp³-hybridized carbons (Fsp3) is 0.318. The molecule has 1 aliphatic rings. The summed E-state index contributed by atoms with van der Waals surface area (Å²) in [5.41, 5.74) is 2.41. The number of rotatable bonds is 4. The molecule has 27 heavy (non-hydrogen) atoms. The van der Waals surface area contributed by atoms with Crippen LogP contribution in [0.25, 0.3) is 11.0 Å². The van der Waals surface area contributed by atoms with Crippen LogP contribution in [-0.4, -0.2) is 18.0 Å². The fourth-order valence-electron chi connectivity index (χ4n) is 3.85. The maximum Gasteiger partial charge on any atom is 0.197 e. The Hall–Kier alpha value is -1.81. The van der Waals surface area contributed by atoms with Crippen molar-refractivity contribution >= 4 is 34.2 Å². The second-order valence-electron chi connectivity index (χ2n) is 7.26. The van der Waals surface area contributed by atoms with Crippen LogP contribution >= 0.6 is 23.2 Å². The molecule has 2 aromatic carbocycles. The van der Waals surface area contributed by atoms with Crippen molar-refractivity contribution in [1.29, 1.82) is 0 Å². The van der Waals surface area contributed by atoms with Crippen LogP contribution in [-0.2, 0) is 13.0 Å². The lowest BCUT2D eigenvalue weighted by Gasteiger charge is -2.31. The second-order valence-corrected chi connectivity index (χ2v) is 8.11. The molecule has 1 fully saturated rings. The van der Waals surface area contributed by atoms with Crippen LogP contribution in [0.3, 0.4) is 0 Å². The van der Waals surface area contributed by atoms with E-state index < -0.39 is 0 Å². The molecule has 1 aliphatic heterocycles. The fourth-order valence-corrected chi connectivity index (χ4v) is 4.39. The van der Waals surface area contributed by atoms with Gasteiger partial charge in [-0.05, 0) is 56.0 Å². The number of nitrogens with zero attached hydrogens (tertiary/aromatic N) is 1. The van der Waals surface area contributed by atoms with E-state index in [1.54, 1.807) is 18.4 Å². The van der Waals surface area contributed by atoms with E-state index in [0.717, 1.165) is 32.4 Å². The zero-order valence-corrected chi connectivity index (χ0v) is 16.5. The van der Waals surface area contributed by atoms with Crippen molar-refractivity contribution in [3.63, 3.8) is 0 Å². The first kappa shape index (κ1) is 18.5. The second kappa shape index (κ2) is 8.05. The van der Waals surface area contributed by atoms with Gasteiger partial charge in [0.25, 0.3) is 0 Å². The van der Waals surface area contributed by atoms with Gasteiger partial charge in [-0.15, -0.1) is 0 Å². The third-order valence-electron chi connectivity index (χ3n) is 5.33. The Balaban J connectivity index is 1.43. The summed E-state index contributed by atoms with van der Waals surface area (Å²) in [6.45, 7) is 2.58. The van der Waals surface area contributed by atoms with Gasteiger partial charge in [0.05, 0.1) is 16.7 Å². The highest BCUT2D eigenvalue weighted by Gasteiger charge is 2.21. The lowest BCUT2D eigenvalue weighted by molar-refractivity contribution is 0.176. The van der Waals surface area contributed by atoms with Gasteiger partial charge >= 0.3 is 0 Å². The molecule has 1 saturated heterocycles. The third-order valence-corrected chi connectivity index (χ3v) is 5.83. The summed E-state index contributed by atoms with van der Waals surface area (Å²) in [7, 11) is 0. The van der Waals surface area contributed by atoms with Crippen LogP contribution < -0.4 is 5.43 Å². The summed E-state index contributed by atoms with van der Waals surface area (Å²) in [6, 6.07) is 13.9. The van der Waals surface area contributed by atoms with E-state index in [9.17, 15) is 4.79 Å². The smallest absolute Gasteiger partial charge is 0.197 e. The Bertz CT molecular complexity index is 992. The highest BCUT2D eigenvalue weighted by molar-refractivity contribution is 6.38. The van der Waals surface area contributed by atoms with E-state index in [1.807, 2.05) is 0 Å². The minimum Gasteiger partial charge on any atom is -0.462 e. The topological polar surface area (TPSA) is 33.5 Å². The molecule has 0 atom stereocenters. The van der Waals surface area contributed by atoms with Crippen LogP contribution in [0.2, 0.25) is 10.0 Å². The van der Waals surface area contributed by atoms with E-state index in [1.165, 1.54) is 5.56 Å². The Morgan fingerprint density at radius 1 is 1.07 bits per heavy atom. The van der Waals surface area contributed by atoms with Gasteiger partial charge in [0.1, 0.15) is 0 Å². The van der Waals surface area contributed by atoms with Crippen molar-refractivity contribution in [3.8, 4) is 0 Å². The maximum absolute atomic E-state index is 12.8. The molecule has 0 unspecified atom stereocenters. The number of hydrogen-bond acceptors (Lipinski definition) is 3. The lowest BCUT2D eigenvalue weighted by Crippen LogP contribution is -2.35. The Morgan fingerprint density at radius 2 is 1.81 bits per heavy atom. The van der Waals surface area contributed by atoms with Crippen LogP contribution in [0.4, 0.5) is 0 Å². The molecule has 140 valence electrons. The number of hydrogen-bond donors (Lipinski definition) is 0. The Labute approximate surface area is 168 Å². The SMILES string of the molecule is O=c1c(CN2CCC(Cc3ccccc3)CC2)coc2c(Cl)cc(Cl)cc12. The zero-order chi connectivity index (χ0) is 18.8. The van der Waals surface area contributed by atoms with Gasteiger partial charge in [0.2, 0.25) is 0 Å². The average molecular weight is 402 g/mol. The normalized spacial score (nSPS) is 16.1. The molecular formula is C22H21Cl2NO2. The summed E-state index contributed by atoms with van der Waals surface area (Å²) in [5.74, 6) is 0.703. The molecule has 5 heteroatoms. The molecule has 4 rings (SSSR count). The van der Waals surface area contributed by atoms with Gasteiger partial charge in [-0.25, -0.2) is 0 Å². The minimum atomic E-state index is -0.0490. The number of piperidine rings is 1. The molecule has 1 aromatic heterocycles. The Kier molecular flexibility index (Phi) is 5.53. The first-order chi connectivity index (χ1) is 13.1. The Morgan fingerprint density at radius 3 is 2.56 bits per heavy atom. The van der Waals surface area contributed by atoms with Crippen molar-refractivity contribution in [2.45, 2.75) is 25.8 Å². The zero-order valence-electron chi connectivity index (χ0n) is 15.0. The van der Waals surface area contributed by atoms with Gasteiger partial charge in [-0.3, -0.25) is 9.69 Å². The van der Waals surface area contributed by atoms with E-state index >= 15 is 0 Å². The van der Waals surface area contributed by atoms with E-state index in [2.05, 4.69) is 35.2 Å². The van der Waals surface area contributed by atoms with Crippen LogP contribution in [0.1, 0.15) is 24.0 Å². The van der Waals surface area contributed by atoms with Crippen LogP contribution in [0, 0.1) is 5.92 Å². The summed E-state index contributed by atoms with van der Waals surface area (Å²) in [4.78, 5) is 15.1. The van der Waals surface area contributed by atoms with Gasteiger partial charge in [0.15, 0.2) is 11.0 Å². The van der Waals surface area contributed by atoms with Crippen molar-refractivity contribution in [1.82, 2.24) is 4.90 Å². The van der Waals surface area contributed by atoms with E-state index in [-0.39, 0.29) is 5.43 Å². The van der Waals surface area contributed by atoms with Crippen LogP contribution in [0.5, 0.6) is 0 Å². The van der Waals surface area contributed by atoms with Crippen molar-refractivity contribution < 1.29 is 4.42 Å². The first-order valence-electron chi connectivity index (χ1n) is 9.26. The summed E-state index contributed by atoms with van der Waals surface area (Å²) >= 11 is 12.2. The summed E-state index contributed by atoms with van der Waals surface area (Å²) in [5, 5.41) is 1.26. The minimum absolute atomic E-state index is 0.0490. The number of likely N-dealkylation sites (tertiary alicyclic amines) is 1. The predicted octanol–water partition coefficient (Wildman–Crippen LogP) is 5.55. The van der Waals surface area contributed by atoms with Gasteiger partial charge in [-0.2, -0.15) is 0 Å². The van der Waals surface area contributed by atoms with E-state index in [0.29, 0.717) is 39.0 Å². The molecular weight excluding hydrogens is 381 g/mol. The van der Waals surface area contributed by atoms with E-state index in [4.69, 9.17) is 27.6 Å². The quantitative estimate of drug-likeness (QED) is 0.573.